The first kappa shape index (κ1) is 21.0. The van der Waals surface area contributed by atoms with Crippen LogP contribution in [-0.4, -0.2) is 26.5 Å². The minimum atomic E-state index is -4.54. The number of ether oxygens (including phenoxy) is 1. The zero-order valence-corrected chi connectivity index (χ0v) is 17.0. The number of sulfone groups is 1. The number of rotatable bonds is 5. The quantitative estimate of drug-likeness (QED) is 0.517. The highest BCUT2D eigenvalue weighted by atomic mass is 32.2. The Labute approximate surface area is 174 Å². The van der Waals surface area contributed by atoms with Gasteiger partial charge in [0.1, 0.15) is 0 Å². The zero-order valence-electron chi connectivity index (χ0n) is 16.2. The van der Waals surface area contributed by atoms with Crippen molar-refractivity contribution in [2.45, 2.75) is 55.4 Å². The van der Waals surface area contributed by atoms with Crippen molar-refractivity contribution in [3.05, 3.63) is 53.1 Å². The minimum Gasteiger partial charge on any atom is -0.369 e. The molecule has 7 heteroatoms. The first-order chi connectivity index (χ1) is 14.2. The molecule has 158 valence electrons. The molecule has 0 aromatic heterocycles. The van der Waals surface area contributed by atoms with Crippen molar-refractivity contribution >= 4 is 9.84 Å². The number of terminal acetylenes is 1. The molecular formula is C23H21F3O3S. The highest BCUT2D eigenvalue weighted by Gasteiger charge is 2.37. The van der Waals surface area contributed by atoms with E-state index in [2.05, 4.69) is 5.92 Å². The van der Waals surface area contributed by atoms with Crippen molar-refractivity contribution in [1.29, 1.82) is 0 Å². The molecule has 2 unspecified atom stereocenters. The predicted molar refractivity (Wildman–Crippen MR) is 108 cm³/mol. The third kappa shape index (κ3) is 3.99. The third-order valence-corrected chi connectivity index (χ3v) is 7.52. The van der Waals surface area contributed by atoms with Gasteiger partial charge in [-0.3, -0.25) is 0 Å². The molecule has 0 N–H and O–H groups in total. The van der Waals surface area contributed by atoms with Crippen LogP contribution in [0.4, 0.5) is 13.2 Å². The van der Waals surface area contributed by atoms with Crippen molar-refractivity contribution in [1.82, 2.24) is 0 Å². The standard InChI is InChI=1S/C23H21F3O3S/c1-2-5-16-8-10-20(29-16)22-19-14-15-6-3-4-7-17(15)18(19)9-11-21(22)30(27,28)13-12-23(24,25)26/h1,3-4,6-7,9,11,16,20H,5,8,10,12-14H2. The molecule has 1 heterocycles. The molecule has 0 radical (unpaired) electrons. The van der Waals surface area contributed by atoms with Crippen LogP contribution in [0.15, 0.2) is 41.3 Å². The Kier molecular flexibility index (Phi) is 5.41. The molecule has 0 spiro atoms. The molecule has 2 atom stereocenters. The SMILES string of the molecule is C#CCC1CCC(c2c(S(=O)(=O)CCC(F)(F)F)ccc3c2Cc2ccccc2-3)O1. The maximum atomic E-state index is 12.9. The Morgan fingerprint density at radius 3 is 2.60 bits per heavy atom. The van der Waals surface area contributed by atoms with Crippen LogP contribution in [0.2, 0.25) is 0 Å². The lowest BCUT2D eigenvalue weighted by Crippen LogP contribution is -2.19. The molecule has 1 aliphatic heterocycles. The van der Waals surface area contributed by atoms with E-state index >= 15 is 0 Å². The van der Waals surface area contributed by atoms with Gasteiger partial charge < -0.3 is 4.74 Å². The molecule has 4 rings (SSSR count). The summed E-state index contributed by atoms with van der Waals surface area (Å²) in [6, 6.07) is 10.9. The second kappa shape index (κ2) is 7.75. The van der Waals surface area contributed by atoms with Gasteiger partial charge in [0.05, 0.1) is 29.3 Å². The molecule has 0 bridgehead atoms. The molecule has 1 fully saturated rings. The fourth-order valence-electron chi connectivity index (χ4n) is 4.40. The highest BCUT2D eigenvalue weighted by molar-refractivity contribution is 7.91. The van der Waals surface area contributed by atoms with Crippen LogP contribution in [-0.2, 0) is 21.0 Å². The third-order valence-electron chi connectivity index (χ3n) is 5.76. The van der Waals surface area contributed by atoms with Crippen LogP contribution in [0.25, 0.3) is 11.1 Å². The van der Waals surface area contributed by atoms with Crippen molar-refractivity contribution in [2.75, 3.05) is 5.75 Å². The highest BCUT2D eigenvalue weighted by Crippen LogP contribution is 2.46. The average Bonchev–Trinajstić information content (AvgIpc) is 3.30. The molecule has 1 saturated heterocycles. The number of benzene rings is 2. The van der Waals surface area contributed by atoms with Crippen LogP contribution in [0, 0.1) is 12.3 Å². The van der Waals surface area contributed by atoms with E-state index in [1.807, 2.05) is 24.3 Å². The number of hydrogen-bond donors (Lipinski definition) is 0. The van der Waals surface area contributed by atoms with Crippen LogP contribution in [0.1, 0.15) is 48.5 Å². The lowest BCUT2D eigenvalue weighted by molar-refractivity contribution is -0.129. The topological polar surface area (TPSA) is 43.4 Å². The van der Waals surface area contributed by atoms with Crippen molar-refractivity contribution in [3.8, 4) is 23.5 Å². The Balaban J connectivity index is 1.80. The molecule has 2 aliphatic rings. The van der Waals surface area contributed by atoms with E-state index in [1.54, 1.807) is 6.07 Å². The van der Waals surface area contributed by atoms with Gasteiger partial charge in [0, 0.05) is 12.0 Å². The number of fused-ring (bicyclic) bond motifs is 3. The van der Waals surface area contributed by atoms with E-state index in [0.29, 0.717) is 31.2 Å². The van der Waals surface area contributed by atoms with Crippen LogP contribution in [0.3, 0.4) is 0 Å². The van der Waals surface area contributed by atoms with Gasteiger partial charge in [0.25, 0.3) is 0 Å². The summed E-state index contributed by atoms with van der Waals surface area (Å²) in [4.78, 5) is -0.0512. The van der Waals surface area contributed by atoms with Gasteiger partial charge in [0.15, 0.2) is 9.84 Å². The van der Waals surface area contributed by atoms with Gasteiger partial charge in [-0.05, 0) is 47.6 Å². The normalized spacial score (nSPS) is 20.6. The lowest BCUT2D eigenvalue weighted by Gasteiger charge is -2.21. The van der Waals surface area contributed by atoms with Crippen LogP contribution in [0.5, 0.6) is 0 Å². The van der Waals surface area contributed by atoms with Gasteiger partial charge in [-0.25, -0.2) is 8.42 Å². The largest absolute Gasteiger partial charge is 0.390 e. The van der Waals surface area contributed by atoms with Crippen molar-refractivity contribution in [2.24, 2.45) is 0 Å². The summed E-state index contributed by atoms with van der Waals surface area (Å²) >= 11 is 0. The Bertz CT molecular complexity index is 1110. The summed E-state index contributed by atoms with van der Waals surface area (Å²) in [5.41, 5.74) is 4.34. The lowest BCUT2D eigenvalue weighted by atomic mass is 9.96. The van der Waals surface area contributed by atoms with E-state index in [4.69, 9.17) is 11.2 Å². The number of halogens is 3. The smallest absolute Gasteiger partial charge is 0.369 e. The van der Waals surface area contributed by atoms with E-state index in [9.17, 15) is 21.6 Å². The van der Waals surface area contributed by atoms with Crippen LogP contribution >= 0.6 is 0 Å². The van der Waals surface area contributed by atoms with Gasteiger partial charge in [-0.1, -0.05) is 30.3 Å². The van der Waals surface area contributed by atoms with E-state index in [-0.39, 0.29) is 11.0 Å². The fraction of sp³-hybridized carbons (Fsp3) is 0.391. The van der Waals surface area contributed by atoms with Gasteiger partial charge in [-0.2, -0.15) is 13.2 Å². The Morgan fingerprint density at radius 2 is 1.87 bits per heavy atom. The molecule has 0 amide bonds. The van der Waals surface area contributed by atoms with E-state index in [0.717, 1.165) is 22.3 Å². The molecule has 2 aromatic carbocycles. The number of alkyl halides is 3. The minimum absolute atomic E-state index is 0.0512. The molecule has 0 saturated carbocycles. The summed E-state index contributed by atoms with van der Waals surface area (Å²) in [6.45, 7) is 0. The summed E-state index contributed by atoms with van der Waals surface area (Å²) in [5.74, 6) is 1.59. The number of hydrogen-bond acceptors (Lipinski definition) is 3. The summed E-state index contributed by atoms with van der Waals surface area (Å²) in [6.07, 6.45) is 1.02. The Hall–Kier alpha value is -2.30. The molecular weight excluding hydrogens is 413 g/mol. The maximum absolute atomic E-state index is 12.9. The van der Waals surface area contributed by atoms with E-state index in [1.165, 1.54) is 6.07 Å². The van der Waals surface area contributed by atoms with Crippen molar-refractivity contribution in [3.63, 3.8) is 0 Å². The second-order valence-corrected chi connectivity index (χ2v) is 9.83. The zero-order chi connectivity index (χ0) is 21.5. The second-order valence-electron chi connectivity index (χ2n) is 7.75. The molecule has 30 heavy (non-hydrogen) atoms. The Morgan fingerprint density at radius 1 is 1.10 bits per heavy atom. The maximum Gasteiger partial charge on any atom is 0.390 e. The van der Waals surface area contributed by atoms with Crippen molar-refractivity contribution < 1.29 is 26.3 Å². The molecule has 2 aromatic rings. The average molecular weight is 434 g/mol. The summed E-state index contributed by atoms with van der Waals surface area (Å²) < 4.78 is 70.2. The first-order valence-electron chi connectivity index (χ1n) is 9.82. The molecule has 3 nitrogen and oxygen atoms in total. The van der Waals surface area contributed by atoms with Crippen LogP contribution < -0.4 is 0 Å². The van der Waals surface area contributed by atoms with Gasteiger partial charge >= 0.3 is 6.18 Å². The van der Waals surface area contributed by atoms with Gasteiger partial charge in [0.2, 0.25) is 0 Å². The van der Waals surface area contributed by atoms with E-state index < -0.39 is 34.3 Å². The van der Waals surface area contributed by atoms with Gasteiger partial charge in [-0.15, -0.1) is 12.3 Å². The molecule has 1 aliphatic carbocycles. The summed E-state index contributed by atoms with van der Waals surface area (Å²) in [5, 5.41) is 0. The predicted octanol–water partition coefficient (Wildman–Crippen LogP) is 5.23. The summed E-state index contributed by atoms with van der Waals surface area (Å²) in [7, 11) is -4.14. The first-order valence-corrected chi connectivity index (χ1v) is 11.5. The fourth-order valence-corrected chi connectivity index (χ4v) is 5.98. The monoisotopic (exact) mass is 434 g/mol.